The van der Waals surface area contributed by atoms with Crippen LogP contribution in [0.15, 0.2) is 89.5 Å². The maximum atomic E-state index is 13.6. The topological polar surface area (TPSA) is 114 Å². The predicted octanol–water partition coefficient (Wildman–Crippen LogP) is 8.11. The van der Waals surface area contributed by atoms with E-state index >= 15 is 0 Å². The molecule has 11 heteroatoms. The second-order valence-electron chi connectivity index (χ2n) is 11.7. The van der Waals surface area contributed by atoms with Gasteiger partial charge in [-0.25, -0.2) is 9.18 Å². The zero-order chi connectivity index (χ0) is 34.9. The number of anilines is 2. The summed E-state index contributed by atoms with van der Waals surface area (Å²) >= 11 is 2.80. The summed E-state index contributed by atoms with van der Waals surface area (Å²) in [7, 11) is 0. The molecule has 3 amide bonds. The molecular formula is C38H38FN3O5S2. The van der Waals surface area contributed by atoms with E-state index in [9.17, 15) is 23.6 Å². The molecule has 2 unspecified atom stereocenters. The number of esters is 1. The number of benzene rings is 3. The lowest BCUT2D eigenvalue weighted by molar-refractivity contribution is -0.116. The molecule has 254 valence electrons. The molecule has 0 saturated heterocycles. The summed E-state index contributed by atoms with van der Waals surface area (Å²) in [6.45, 7) is 6.12. The number of nitrogens with one attached hydrogen (secondary N) is 3. The quantitative estimate of drug-likeness (QED) is 0.0783. The van der Waals surface area contributed by atoms with E-state index in [4.69, 9.17) is 4.74 Å². The smallest absolute Gasteiger partial charge is 0.341 e. The first-order valence-corrected chi connectivity index (χ1v) is 17.9. The highest BCUT2D eigenvalue weighted by Crippen LogP contribution is 2.40. The highest BCUT2D eigenvalue weighted by molar-refractivity contribution is 8.00. The van der Waals surface area contributed by atoms with Gasteiger partial charge in [0.25, 0.3) is 11.8 Å². The van der Waals surface area contributed by atoms with Crippen LogP contribution in [-0.4, -0.2) is 35.5 Å². The molecule has 49 heavy (non-hydrogen) atoms. The van der Waals surface area contributed by atoms with Crippen molar-refractivity contribution in [3.63, 3.8) is 0 Å². The lowest BCUT2D eigenvalue weighted by Crippen LogP contribution is -2.30. The average molecular weight is 700 g/mol. The van der Waals surface area contributed by atoms with Crippen LogP contribution in [-0.2, 0) is 27.2 Å². The third-order valence-electron chi connectivity index (χ3n) is 7.97. The van der Waals surface area contributed by atoms with Gasteiger partial charge in [0.05, 0.1) is 17.4 Å². The zero-order valence-electron chi connectivity index (χ0n) is 27.5. The maximum absolute atomic E-state index is 13.6. The Morgan fingerprint density at radius 2 is 1.76 bits per heavy atom. The standard InChI is InChI=1S/C38H38FN3O5S2/c1-4-31(36(45)42-37-33(38(46)47-5-2)29-19-14-23(3)20-32(29)49-37)48-28-13-9-12-27(22-28)40-35(44)30(21-24-15-17-26(39)18-16-24)41-34(43)25-10-7-6-8-11-25/h6-13,15-18,21-23,31H,4-5,14,19-20H2,1-3H3,(H,40,44)(H,41,43)(H,42,45)/b30-21-. The molecule has 0 fully saturated rings. The van der Waals surface area contributed by atoms with Gasteiger partial charge in [-0.2, -0.15) is 0 Å². The fraction of sp³-hybridized carbons (Fsp3) is 0.263. The molecule has 1 aliphatic rings. The van der Waals surface area contributed by atoms with Crippen molar-refractivity contribution >= 4 is 63.6 Å². The monoisotopic (exact) mass is 699 g/mol. The van der Waals surface area contributed by atoms with Crippen LogP contribution < -0.4 is 16.0 Å². The van der Waals surface area contributed by atoms with E-state index in [1.54, 1.807) is 55.5 Å². The molecule has 1 aliphatic carbocycles. The largest absolute Gasteiger partial charge is 0.462 e. The lowest BCUT2D eigenvalue weighted by Gasteiger charge is -2.18. The molecule has 2 atom stereocenters. The van der Waals surface area contributed by atoms with Crippen LogP contribution in [0.4, 0.5) is 15.1 Å². The molecule has 0 saturated carbocycles. The number of thiophene rings is 1. The summed E-state index contributed by atoms with van der Waals surface area (Å²) in [5, 5.41) is 8.58. The summed E-state index contributed by atoms with van der Waals surface area (Å²) in [5.74, 6) is -1.62. The van der Waals surface area contributed by atoms with Crippen LogP contribution in [0.2, 0.25) is 0 Å². The molecule has 0 aliphatic heterocycles. The Morgan fingerprint density at radius 3 is 2.47 bits per heavy atom. The minimum atomic E-state index is -0.581. The second kappa shape index (κ2) is 16.6. The number of hydrogen-bond donors (Lipinski definition) is 3. The first kappa shape index (κ1) is 35.6. The van der Waals surface area contributed by atoms with Crippen LogP contribution in [0.25, 0.3) is 6.08 Å². The number of carbonyl (C=O) groups is 4. The Balaban J connectivity index is 1.31. The maximum Gasteiger partial charge on any atom is 0.341 e. The van der Waals surface area contributed by atoms with E-state index < -0.39 is 28.9 Å². The fourth-order valence-electron chi connectivity index (χ4n) is 5.45. The molecule has 0 bridgehead atoms. The molecule has 1 aromatic heterocycles. The van der Waals surface area contributed by atoms with Crippen LogP contribution in [0.5, 0.6) is 0 Å². The number of amides is 3. The lowest BCUT2D eigenvalue weighted by atomic mass is 9.88. The van der Waals surface area contributed by atoms with Gasteiger partial charge in [-0.3, -0.25) is 14.4 Å². The first-order valence-electron chi connectivity index (χ1n) is 16.2. The highest BCUT2D eigenvalue weighted by atomic mass is 32.2. The number of ether oxygens (including phenoxy) is 1. The highest BCUT2D eigenvalue weighted by Gasteiger charge is 2.30. The Bertz CT molecular complexity index is 1860. The van der Waals surface area contributed by atoms with Crippen LogP contribution in [0.1, 0.15) is 70.3 Å². The van der Waals surface area contributed by atoms with E-state index in [0.29, 0.717) is 39.7 Å². The molecule has 3 N–H and O–H groups in total. The Labute approximate surface area is 293 Å². The number of hydrogen-bond acceptors (Lipinski definition) is 7. The van der Waals surface area contributed by atoms with Gasteiger partial charge in [0.2, 0.25) is 5.91 Å². The molecule has 3 aromatic carbocycles. The Hall–Kier alpha value is -4.74. The average Bonchev–Trinajstić information content (AvgIpc) is 3.45. The molecule has 8 nitrogen and oxygen atoms in total. The van der Waals surface area contributed by atoms with E-state index in [1.165, 1.54) is 53.4 Å². The van der Waals surface area contributed by atoms with Gasteiger partial charge < -0.3 is 20.7 Å². The SMILES string of the molecule is CCOC(=O)c1c(NC(=O)C(CC)Sc2cccc(NC(=O)/C(=C/c3ccc(F)cc3)NC(=O)c3ccccc3)c2)sc2c1CCC(C)C2. The van der Waals surface area contributed by atoms with Gasteiger partial charge in [0.15, 0.2) is 0 Å². The van der Waals surface area contributed by atoms with Crippen molar-refractivity contribution < 1.29 is 28.3 Å². The Kier molecular flexibility index (Phi) is 12.0. The van der Waals surface area contributed by atoms with Gasteiger partial charge in [-0.05, 0) is 98.2 Å². The molecule has 4 aromatic rings. The number of fused-ring (bicyclic) bond motifs is 1. The van der Waals surface area contributed by atoms with Crippen molar-refractivity contribution in [3.8, 4) is 0 Å². The van der Waals surface area contributed by atoms with E-state index in [-0.39, 0.29) is 18.2 Å². The van der Waals surface area contributed by atoms with Gasteiger partial charge in [0.1, 0.15) is 16.5 Å². The first-order chi connectivity index (χ1) is 23.6. The number of thioether (sulfide) groups is 1. The second-order valence-corrected chi connectivity index (χ2v) is 14.1. The molecule has 0 spiro atoms. The van der Waals surface area contributed by atoms with E-state index in [2.05, 4.69) is 22.9 Å². The zero-order valence-corrected chi connectivity index (χ0v) is 29.1. The third-order valence-corrected chi connectivity index (χ3v) is 10.5. The van der Waals surface area contributed by atoms with Crippen molar-refractivity contribution in [2.24, 2.45) is 5.92 Å². The van der Waals surface area contributed by atoms with Crippen LogP contribution in [0.3, 0.4) is 0 Å². The summed E-state index contributed by atoms with van der Waals surface area (Å²) in [6.07, 6.45) is 4.60. The molecule has 1 heterocycles. The summed E-state index contributed by atoms with van der Waals surface area (Å²) in [6, 6.07) is 21.1. The molecule has 5 rings (SSSR count). The number of rotatable bonds is 12. The summed E-state index contributed by atoms with van der Waals surface area (Å²) < 4.78 is 18.9. The summed E-state index contributed by atoms with van der Waals surface area (Å²) in [4.78, 5) is 54.9. The van der Waals surface area contributed by atoms with Gasteiger partial charge in [-0.15, -0.1) is 23.1 Å². The fourth-order valence-corrected chi connectivity index (χ4v) is 7.87. The summed E-state index contributed by atoms with van der Waals surface area (Å²) in [5.41, 5.74) is 2.76. The number of carbonyl (C=O) groups excluding carboxylic acids is 4. The van der Waals surface area contributed by atoms with Crippen molar-refractivity contribution in [2.75, 3.05) is 17.2 Å². The van der Waals surface area contributed by atoms with Crippen molar-refractivity contribution in [2.45, 2.75) is 56.6 Å². The van der Waals surface area contributed by atoms with Gasteiger partial charge in [0, 0.05) is 21.0 Å². The van der Waals surface area contributed by atoms with Gasteiger partial charge >= 0.3 is 5.97 Å². The minimum absolute atomic E-state index is 0.0326. The van der Waals surface area contributed by atoms with Crippen LogP contribution in [0, 0.1) is 11.7 Å². The van der Waals surface area contributed by atoms with E-state index in [1.807, 2.05) is 13.0 Å². The Morgan fingerprint density at radius 1 is 1.00 bits per heavy atom. The van der Waals surface area contributed by atoms with Crippen LogP contribution >= 0.6 is 23.1 Å². The van der Waals surface area contributed by atoms with Gasteiger partial charge in [-0.1, -0.05) is 50.2 Å². The third kappa shape index (κ3) is 9.24. The molecule has 0 radical (unpaired) electrons. The predicted molar refractivity (Wildman–Crippen MR) is 193 cm³/mol. The molecular weight excluding hydrogens is 662 g/mol. The minimum Gasteiger partial charge on any atom is -0.462 e. The van der Waals surface area contributed by atoms with E-state index in [0.717, 1.165) is 34.6 Å². The number of halogens is 1. The van der Waals surface area contributed by atoms with Crippen molar-refractivity contribution in [3.05, 3.63) is 118 Å². The normalized spacial score (nSPS) is 14.7. The van der Waals surface area contributed by atoms with Crippen molar-refractivity contribution in [1.82, 2.24) is 5.32 Å². The van der Waals surface area contributed by atoms with Crippen molar-refractivity contribution in [1.29, 1.82) is 0 Å².